The van der Waals surface area contributed by atoms with E-state index in [0.29, 0.717) is 46.2 Å². The fraction of sp³-hybridized carbons (Fsp3) is 1.00. The Hall–Kier alpha value is 0.251. The second-order valence-electron chi connectivity index (χ2n) is 10.1. The second-order valence-corrected chi connectivity index (χ2v) is 17.5. The molecule has 0 amide bonds. The molecule has 41 heavy (non-hydrogen) atoms. The Morgan fingerprint density at radius 2 is 0.634 bits per heavy atom. The Kier molecular flexibility index (Phi) is 26.8. The van der Waals surface area contributed by atoms with Gasteiger partial charge < -0.3 is 43.9 Å². The Bertz CT molecular complexity index is 484. The highest BCUT2D eigenvalue weighted by Gasteiger charge is 2.61. The average Bonchev–Trinajstić information content (AvgIpc) is 2.94. The zero-order valence-electron chi connectivity index (χ0n) is 27.7. The summed E-state index contributed by atoms with van der Waals surface area (Å²) in [5, 5.41) is 0. The predicted octanol–water partition coefficient (Wildman–Crippen LogP) is 7.02. The molecule has 10 nitrogen and oxygen atoms in total. The van der Waals surface area contributed by atoms with Gasteiger partial charge in [0.1, 0.15) is 0 Å². The first-order valence-corrected chi connectivity index (χ1v) is 21.7. The lowest BCUT2D eigenvalue weighted by molar-refractivity contribution is -0.0506. The Morgan fingerprint density at radius 3 is 0.854 bits per heavy atom. The summed E-state index contributed by atoms with van der Waals surface area (Å²) in [4.78, 5) is 0. The second kappa shape index (κ2) is 26.6. The van der Waals surface area contributed by atoms with Crippen molar-refractivity contribution in [1.29, 1.82) is 0 Å². The van der Waals surface area contributed by atoms with Crippen molar-refractivity contribution < 1.29 is 43.9 Å². The Balaban J connectivity index is 6.50. The highest BCUT2D eigenvalue weighted by atomic mass is 28.5. The van der Waals surface area contributed by atoms with Gasteiger partial charge in [-0.15, -0.1) is 0 Å². The molecule has 0 unspecified atom stereocenters. The smallest absolute Gasteiger partial charge is 0.382 e. The zero-order chi connectivity index (χ0) is 30.7. The largest absolute Gasteiger partial charge is 0.672 e. The lowest BCUT2D eigenvalue weighted by atomic mass is 10.4. The Labute approximate surface area is 255 Å². The normalized spacial score (nSPS) is 12.9. The quantitative estimate of drug-likeness (QED) is 0.0562. The molecule has 0 spiro atoms. The maximum Gasteiger partial charge on any atom is 0.672 e. The van der Waals surface area contributed by atoms with Crippen LogP contribution in [0.15, 0.2) is 0 Å². The fourth-order valence-corrected chi connectivity index (χ4v) is 12.7. The summed E-state index contributed by atoms with van der Waals surface area (Å²) in [6.07, 6.45) is 11.0. The van der Waals surface area contributed by atoms with Crippen LogP contribution in [0.25, 0.3) is 0 Å². The van der Waals surface area contributed by atoms with Crippen molar-refractivity contribution in [3.63, 3.8) is 0 Å². The van der Waals surface area contributed by atoms with Gasteiger partial charge in [0, 0.05) is 53.3 Å². The number of hydrogen-bond acceptors (Lipinski definition) is 10. The SMILES string of the molecule is CCCCO[Si](OCCCC)(OCCCC)O[Si](C)(OCCOC)O[Si](OCCCC)(OCCCC)OCCCC. The van der Waals surface area contributed by atoms with Crippen molar-refractivity contribution in [3.05, 3.63) is 0 Å². The molecular formula is C28H64O10Si3. The van der Waals surface area contributed by atoms with Gasteiger partial charge in [-0.25, -0.2) is 0 Å². The molecule has 0 aliphatic rings. The van der Waals surface area contributed by atoms with Gasteiger partial charge in [-0.3, -0.25) is 0 Å². The molecule has 0 N–H and O–H groups in total. The summed E-state index contributed by atoms with van der Waals surface area (Å²) in [6, 6.07) is 0. The van der Waals surface area contributed by atoms with Crippen LogP contribution in [0.5, 0.6) is 0 Å². The molecule has 0 aromatic carbocycles. The third-order valence-electron chi connectivity index (χ3n) is 5.93. The van der Waals surface area contributed by atoms with E-state index in [1.165, 1.54) is 0 Å². The van der Waals surface area contributed by atoms with Gasteiger partial charge in [0.15, 0.2) is 0 Å². The third-order valence-corrected chi connectivity index (χ3v) is 15.0. The summed E-state index contributed by atoms with van der Waals surface area (Å²) < 4.78 is 63.6. The summed E-state index contributed by atoms with van der Waals surface area (Å²) in [5.41, 5.74) is 0. The standard InChI is InChI=1S/C28H64O10Si3/c1-9-15-21-31-40(32-22-16-10-2,33-23-17-11-3)37-39(8,30-28-27-29-7)38-41(34-24-18-12-4,35-25-19-13-5)36-26-20-14-6/h9-28H2,1-8H3. The van der Waals surface area contributed by atoms with E-state index in [-0.39, 0.29) is 6.61 Å². The van der Waals surface area contributed by atoms with Crippen LogP contribution in [0.2, 0.25) is 6.55 Å². The molecule has 0 heterocycles. The number of hydrogen-bond donors (Lipinski definition) is 0. The van der Waals surface area contributed by atoms with E-state index in [2.05, 4.69) is 41.5 Å². The van der Waals surface area contributed by atoms with Crippen LogP contribution in [0.3, 0.4) is 0 Å². The monoisotopic (exact) mass is 644 g/mol. The van der Waals surface area contributed by atoms with Crippen LogP contribution < -0.4 is 0 Å². The number of methoxy groups -OCH3 is 1. The fourth-order valence-electron chi connectivity index (χ4n) is 3.32. The molecular weight excluding hydrogens is 581 g/mol. The van der Waals surface area contributed by atoms with Crippen molar-refractivity contribution in [1.82, 2.24) is 0 Å². The van der Waals surface area contributed by atoms with E-state index in [1.807, 2.05) is 6.55 Å². The zero-order valence-corrected chi connectivity index (χ0v) is 30.7. The van der Waals surface area contributed by atoms with Gasteiger partial charge in [-0.1, -0.05) is 80.1 Å². The average molecular weight is 645 g/mol. The molecule has 0 saturated heterocycles. The van der Waals surface area contributed by atoms with E-state index in [9.17, 15) is 0 Å². The van der Waals surface area contributed by atoms with Gasteiger partial charge >= 0.3 is 26.9 Å². The molecule has 0 aromatic rings. The van der Waals surface area contributed by atoms with Crippen LogP contribution in [-0.2, 0) is 43.9 Å². The lowest BCUT2D eigenvalue weighted by Crippen LogP contribution is -2.65. The highest BCUT2D eigenvalue weighted by molar-refractivity contribution is 6.77. The maximum atomic E-state index is 6.79. The molecule has 0 rings (SSSR count). The van der Waals surface area contributed by atoms with Crippen LogP contribution in [-0.4, -0.2) is 86.9 Å². The van der Waals surface area contributed by atoms with E-state index < -0.39 is 26.9 Å². The highest BCUT2D eigenvalue weighted by Crippen LogP contribution is 2.28. The topological polar surface area (TPSA) is 92.3 Å². The van der Waals surface area contributed by atoms with Crippen molar-refractivity contribution in [3.8, 4) is 0 Å². The molecule has 13 heteroatoms. The summed E-state index contributed by atoms with van der Waals surface area (Å²) in [7, 11) is -9.37. The Morgan fingerprint density at radius 1 is 0.366 bits per heavy atom. The van der Waals surface area contributed by atoms with E-state index in [1.54, 1.807) is 7.11 Å². The van der Waals surface area contributed by atoms with Gasteiger partial charge in [0.05, 0.1) is 13.2 Å². The lowest BCUT2D eigenvalue weighted by Gasteiger charge is -2.39. The van der Waals surface area contributed by atoms with Crippen molar-refractivity contribution in [2.75, 3.05) is 60.0 Å². The summed E-state index contributed by atoms with van der Waals surface area (Å²) in [5.74, 6) is 0. The van der Waals surface area contributed by atoms with Crippen LogP contribution in [0.4, 0.5) is 0 Å². The molecule has 0 aliphatic heterocycles. The van der Waals surface area contributed by atoms with Gasteiger partial charge in [-0.05, 0) is 38.5 Å². The van der Waals surface area contributed by atoms with Gasteiger partial charge in [0.2, 0.25) is 0 Å². The predicted molar refractivity (Wildman–Crippen MR) is 168 cm³/mol. The minimum atomic E-state index is -3.69. The first kappa shape index (κ1) is 41.3. The third kappa shape index (κ3) is 20.0. The van der Waals surface area contributed by atoms with Gasteiger partial charge in [-0.2, -0.15) is 0 Å². The van der Waals surface area contributed by atoms with Crippen LogP contribution >= 0.6 is 0 Å². The summed E-state index contributed by atoms with van der Waals surface area (Å²) in [6.45, 7) is 17.9. The maximum absolute atomic E-state index is 6.79. The van der Waals surface area contributed by atoms with Crippen molar-refractivity contribution >= 4 is 26.9 Å². The molecule has 0 bridgehead atoms. The first-order chi connectivity index (χ1) is 19.8. The van der Waals surface area contributed by atoms with Crippen molar-refractivity contribution in [2.45, 2.75) is 125 Å². The van der Waals surface area contributed by atoms with Crippen LogP contribution in [0, 0.1) is 0 Å². The number of unbranched alkanes of at least 4 members (excludes halogenated alkanes) is 6. The van der Waals surface area contributed by atoms with E-state index in [0.717, 1.165) is 77.0 Å². The number of ether oxygens (including phenoxy) is 1. The van der Waals surface area contributed by atoms with E-state index >= 15 is 0 Å². The molecule has 0 radical (unpaired) electrons. The van der Waals surface area contributed by atoms with Crippen LogP contribution in [0.1, 0.15) is 119 Å². The first-order valence-electron chi connectivity index (χ1n) is 16.2. The minimum Gasteiger partial charge on any atom is -0.382 e. The van der Waals surface area contributed by atoms with E-state index in [4.69, 9.17) is 43.9 Å². The molecule has 0 saturated carbocycles. The molecule has 0 fully saturated rings. The molecule has 248 valence electrons. The molecule has 0 aromatic heterocycles. The molecule has 0 aliphatic carbocycles. The van der Waals surface area contributed by atoms with Crippen molar-refractivity contribution in [2.24, 2.45) is 0 Å². The molecule has 0 atom stereocenters. The summed E-state index contributed by atoms with van der Waals surface area (Å²) >= 11 is 0. The van der Waals surface area contributed by atoms with Gasteiger partial charge in [0.25, 0.3) is 0 Å². The minimum absolute atomic E-state index is 0.256. The number of rotatable bonds is 32.